The first-order chi connectivity index (χ1) is 13.1. The molecule has 0 atom stereocenters. The monoisotopic (exact) mass is 388 g/mol. The van der Waals surface area contributed by atoms with Gasteiger partial charge in [0.05, 0.1) is 7.11 Å². The summed E-state index contributed by atoms with van der Waals surface area (Å²) in [5.41, 5.74) is 2.38. The molecule has 1 aromatic heterocycles. The molecule has 7 nitrogen and oxygen atoms in total. The standard InChI is InChI=1S/C19H28N6OS/c1-5-17-22-19(27-23-17)25-8-6-24(7-9-25)18(20-3)21-13-15-10-14(2)11-16(12-15)26-4/h10-12H,5-9,13H2,1-4H3,(H,20,21). The van der Waals surface area contributed by atoms with Gasteiger partial charge in [0.15, 0.2) is 5.96 Å². The fourth-order valence-electron chi connectivity index (χ4n) is 3.18. The minimum absolute atomic E-state index is 0.723. The number of nitrogens with zero attached hydrogens (tertiary/aromatic N) is 5. The highest BCUT2D eigenvalue weighted by Gasteiger charge is 2.22. The lowest BCUT2D eigenvalue weighted by atomic mass is 10.1. The van der Waals surface area contributed by atoms with Crippen molar-refractivity contribution in [2.45, 2.75) is 26.8 Å². The summed E-state index contributed by atoms with van der Waals surface area (Å²) in [6.07, 6.45) is 0.886. The number of anilines is 1. The van der Waals surface area contributed by atoms with Crippen LogP contribution in [0, 0.1) is 6.92 Å². The van der Waals surface area contributed by atoms with Crippen molar-refractivity contribution >= 4 is 22.6 Å². The molecule has 1 aromatic carbocycles. The topological polar surface area (TPSA) is 65.9 Å². The highest BCUT2D eigenvalue weighted by molar-refractivity contribution is 7.09. The van der Waals surface area contributed by atoms with Gasteiger partial charge in [-0.05, 0) is 30.2 Å². The van der Waals surface area contributed by atoms with Crippen LogP contribution < -0.4 is 15.0 Å². The van der Waals surface area contributed by atoms with Crippen LogP contribution in [-0.4, -0.2) is 60.6 Å². The minimum atomic E-state index is 0.723. The molecule has 0 radical (unpaired) electrons. The maximum Gasteiger partial charge on any atom is 0.205 e. The molecule has 146 valence electrons. The van der Waals surface area contributed by atoms with Crippen molar-refractivity contribution < 1.29 is 4.74 Å². The normalized spacial score (nSPS) is 15.2. The van der Waals surface area contributed by atoms with E-state index in [2.05, 4.69) is 55.4 Å². The smallest absolute Gasteiger partial charge is 0.205 e. The van der Waals surface area contributed by atoms with Crippen LogP contribution in [0.15, 0.2) is 23.2 Å². The van der Waals surface area contributed by atoms with Gasteiger partial charge < -0.3 is 19.9 Å². The zero-order chi connectivity index (χ0) is 19.2. The highest BCUT2D eigenvalue weighted by atomic mass is 32.1. The SMILES string of the molecule is CCc1nsc(N2CCN(C(=NC)NCc3cc(C)cc(OC)c3)CC2)n1. The number of aromatic nitrogens is 2. The van der Waals surface area contributed by atoms with E-state index in [-0.39, 0.29) is 0 Å². The Morgan fingerprint density at radius 3 is 2.67 bits per heavy atom. The lowest BCUT2D eigenvalue weighted by molar-refractivity contribution is 0.372. The van der Waals surface area contributed by atoms with Crippen molar-refractivity contribution in [1.29, 1.82) is 0 Å². The van der Waals surface area contributed by atoms with Crippen molar-refractivity contribution in [2.24, 2.45) is 4.99 Å². The molecule has 1 N–H and O–H groups in total. The molecule has 1 aliphatic rings. The van der Waals surface area contributed by atoms with Gasteiger partial charge in [0, 0.05) is 57.7 Å². The van der Waals surface area contributed by atoms with E-state index in [1.54, 1.807) is 7.11 Å². The number of methoxy groups -OCH3 is 1. The third-order valence-corrected chi connectivity index (χ3v) is 5.45. The summed E-state index contributed by atoms with van der Waals surface area (Å²) in [6, 6.07) is 6.27. The summed E-state index contributed by atoms with van der Waals surface area (Å²) in [5, 5.41) is 4.51. The summed E-state index contributed by atoms with van der Waals surface area (Å²) >= 11 is 1.50. The summed E-state index contributed by atoms with van der Waals surface area (Å²) in [7, 11) is 3.54. The summed E-state index contributed by atoms with van der Waals surface area (Å²) in [6.45, 7) is 8.58. The second kappa shape index (κ2) is 9.03. The molecule has 2 heterocycles. The first kappa shape index (κ1) is 19.4. The number of aryl methyl sites for hydroxylation is 2. The third kappa shape index (κ3) is 4.88. The van der Waals surface area contributed by atoms with E-state index >= 15 is 0 Å². The number of piperazine rings is 1. The van der Waals surface area contributed by atoms with Gasteiger partial charge in [-0.15, -0.1) is 0 Å². The van der Waals surface area contributed by atoms with Crippen LogP contribution >= 0.6 is 11.5 Å². The number of rotatable bonds is 5. The van der Waals surface area contributed by atoms with E-state index in [1.165, 1.54) is 22.7 Å². The molecule has 0 bridgehead atoms. The minimum Gasteiger partial charge on any atom is -0.497 e. The quantitative estimate of drug-likeness (QED) is 0.626. The van der Waals surface area contributed by atoms with Gasteiger partial charge in [0.25, 0.3) is 0 Å². The van der Waals surface area contributed by atoms with Crippen LogP contribution in [0.1, 0.15) is 23.9 Å². The van der Waals surface area contributed by atoms with Crippen LogP contribution in [0.3, 0.4) is 0 Å². The molecule has 1 saturated heterocycles. The Kier molecular flexibility index (Phi) is 6.49. The van der Waals surface area contributed by atoms with E-state index in [0.29, 0.717) is 0 Å². The maximum atomic E-state index is 5.36. The Morgan fingerprint density at radius 2 is 2.04 bits per heavy atom. The summed E-state index contributed by atoms with van der Waals surface area (Å²) in [4.78, 5) is 13.7. The fraction of sp³-hybridized carbons (Fsp3) is 0.526. The molecule has 27 heavy (non-hydrogen) atoms. The third-order valence-electron chi connectivity index (χ3n) is 4.63. The molecule has 0 aliphatic carbocycles. The van der Waals surface area contributed by atoms with Gasteiger partial charge in [0.2, 0.25) is 5.13 Å². The van der Waals surface area contributed by atoms with E-state index in [1.807, 2.05) is 13.1 Å². The van der Waals surface area contributed by atoms with Gasteiger partial charge in [-0.3, -0.25) is 4.99 Å². The van der Waals surface area contributed by atoms with Gasteiger partial charge >= 0.3 is 0 Å². The number of guanidine groups is 1. The Morgan fingerprint density at radius 1 is 1.26 bits per heavy atom. The van der Waals surface area contributed by atoms with Crippen LogP contribution in [0.25, 0.3) is 0 Å². The van der Waals surface area contributed by atoms with Crippen molar-refractivity contribution in [1.82, 2.24) is 19.6 Å². The van der Waals surface area contributed by atoms with Crippen LogP contribution in [0.5, 0.6) is 5.75 Å². The highest BCUT2D eigenvalue weighted by Crippen LogP contribution is 2.19. The molecule has 0 saturated carbocycles. The summed E-state index contributed by atoms with van der Waals surface area (Å²) < 4.78 is 9.76. The Balaban J connectivity index is 1.55. The number of nitrogens with one attached hydrogen (secondary N) is 1. The zero-order valence-electron chi connectivity index (χ0n) is 16.5. The van der Waals surface area contributed by atoms with Crippen LogP contribution in [0.2, 0.25) is 0 Å². The molecule has 0 spiro atoms. The molecule has 3 rings (SSSR count). The van der Waals surface area contributed by atoms with E-state index in [4.69, 9.17) is 4.74 Å². The lowest BCUT2D eigenvalue weighted by Crippen LogP contribution is -2.52. The number of benzene rings is 1. The number of hydrogen-bond acceptors (Lipinski definition) is 6. The molecule has 0 amide bonds. The van der Waals surface area contributed by atoms with Crippen molar-refractivity contribution in [2.75, 3.05) is 45.2 Å². The van der Waals surface area contributed by atoms with E-state index in [9.17, 15) is 0 Å². The fourth-order valence-corrected chi connectivity index (χ4v) is 3.99. The van der Waals surface area contributed by atoms with Crippen LogP contribution in [-0.2, 0) is 13.0 Å². The lowest BCUT2D eigenvalue weighted by Gasteiger charge is -2.36. The Bertz CT molecular complexity index is 782. The van der Waals surface area contributed by atoms with Gasteiger partial charge in [0.1, 0.15) is 11.6 Å². The van der Waals surface area contributed by atoms with Crippen LogP contribution in [0.4, 0.5) is 5.13 Å². The number of aliphatic imine (C=N–C) groups is 1. The molecule has 0 unspecified atom stereocenters. The predicted octanol–water partition coefficient (Wildman–Crippen LogP) is 2.32. The van der Waals surface area contributed by atoms with Gasteiger partial charge in [-0.1, -0.05) is 13.0 Å². The van der Waals surface area contributed by atoms with Crippen molar-refractivity contribution in [3.63, 3.8) is 0 Å². The molecule has 1 fully saturated rings. The number of hydrogen-bond donors (Lipinski definition) is 1. The zero-order valence-corrected chi connectivity index (χ0v) is 17.3. The maximum absolute atomic E-state index is 5.36. The Hall–Kier alpha value is -2.35. The first-order valence-corrected chi connectivity index (χ1v) is 10.1. The van der Waals surface area contributed by atoms with Gasteiger partial charge in [-0.25, -0.2) is 4.98 Å². The average Bonchev–Trinajstić information content (AvgIpc) is 3.18. The molecular formula is C19H28N6OS. The van der Waals surface area contributed by atoms with E-state index < -0.39 is 0 Å². The Labute approximate surface area is 165 Å². The van der Waals surface area contributed by atoms with E-state index in [0.717, 1.165) is 61.8 Å². The van der Waals surface area contributed by atoms with Gasteiger partial charge in [-0.2, -0.15) is 4.37 Å². The molecule has 2 aromatic rings. The largest absolute Gasteiger partial charge is 0.497 e. The first-order valence-electron chi connectivity index (χ1n) is 9.30. The second-order valence-electron chi connectivity index (χ2n) is 6.58. The van der Waals surface area contributed by atoms with Crippen molar-refractivity contribution in [3.05, 3.63) is 35.2 Å². The number of ether oxygens (including phenoxy) is 1. The summed E-state index contributed by atoms with van der Waals surface area (Å²) in [5.74, 6) is 2.75. The average molecular weight is 389 g/mol. The molecule has 1 aliphatic heterocycles. The molecular weight excluding hydrogens is 360 g/mol. The van der Waals surface area contributed by atoms with Crippen molar-refractivity contribution in [3.8, 4) is 5.75 Å². The molecule has 8 heteroatoms. The second-order valence-corrected chi connectivity index (χ2v) is 7.31. The predicted molar refractivity (Wildman–Crippen MR) is 111 cm³/mol.